The summed E-state index contributed by atoms with van der Waals surface area (Å²) in [5.74, 6) is -0.432. The second-order valence-corrected chi connectivity index (χ2v) is 10.5. The van der Waals surface area contributed by atoms with E-state index in [1.54, 1.807) is 35.1 Å². The summed E-state index contributed by atoms with van der Waals surface area (Å²) < 4.78 is 0. The Kier molecular flexibility index (Phi) is 14.7. The molecule has 0 aromatic carbocycles. The summed E-state index contributed by atoms with van der Waals surface area (Å²) in [6, 6.07) is 0. The molecule has 0 bridgehead atoms. The number of nitriles is 2. The lowest BCUT2D eigenvalue weighted by molar-refractivity contribution is -0.0282. The highest BCUT2D eigenvalue weighted by Gasteiger charge is 2.16. The van der Waals surface area contributed by atoms with Crippen LogP contribution in [0.3, 0.4) is 0 Å². The molecule has 0 spiro atoms. The van der Waals surface area contributed by atoms with Crippen molar-refractivity contribution in [3.63, 3.8) is 0 Å². The van der Waals surface area contributed by atoms with Gasteiger partial charge in [0.15, 0.2) is 12.4 Å². The van der Waals surface area contributed by atoms with E-state index < -0.39 is 0 Å². The molecule has 0 fully saturated rings. The number of hydroxylamine groups is 4. The molecule has 12 nitrogen and oxygen atoms in total. The summed E-state index contributed by atoms with van der Waals surface area (Å²) in [6.45, 7) is 1.25. The number of nitrogens with one attached hydrogen (secondary N) is 2. The summed E-state index contributed by atoms with van der Waals surface area (Å²) in [4.78, 5) is 10.8. The third-order valence-electron chi connectivity index (χ3n) is 5.74. The van der Waals surface area contributed by atoms with Crippen molar-refractivity contribution < 1.29 is 10.4 Å². The van der Waals surface area contributed by atoms with E-state index in [-0.39, 0.29) is 25.0 Å². The molecule has 2 aromatic rings. The molecule has 0 aliphatic carbocycles. The zero-order valence-corrected chi connectivity index (χ0v) is 23.1. The molecule has 38 heavy (non-hydrogen) atoms. The van der Waals surface area contributed by atoms with Crippen LogP contribution >= 0.6 is 22.7 Å². The van der Waals surface area contributed by atoms with Crippen LogP contribution in [0.4, 0.5) is 0 Å². The molecule has 0 saturated carbocycles. The summed E-state index contributed by atoms with van der Waals surface area (Å²) >= 11 is 3.12. The highest BCUT2D eigenvalue weighted by atomic mass is 32.1. The largest absolute Gasteiger partial charge is 0.286 e. The van der Waals surface area contributed by atoms with Crippen LogP contribution in [-0.4, -0.2) is 78.4 Å². The van der Waals surface area contributed by atoms with Crippen LogP contribution in [-0.2, 0) is 12.8 Å². The fraction of sp³-hybridized carbons (Fsp3) is 0.583. The molecule has 0 unspecified atom stereocenters. The van der Waals surface area contributed by atoms with E-state index in [4.69, 9.17) is 10.8 Å². The van der Waals surface area contributed by atoms with E-state index in [2.05, 4.69) is 9.97 Å². The van der Waals surface area contributed by atoms with Gasteiger partial charge in [-0.15, -0.1) is 22.7 Å². The third-order valence-corrected chi connectivity index (χ3v) is 7.42. The third kappa shape index (κ3) is 11.4. The molecule has 0 aliphatic heterocycles. The molecule has 206 valence electrons. The minimum Gasteiger partial charge on any atom is -0.286 e. The van der Waals surface area contributed by atoms with Gasteiger partial charge in [-0.1, -0.05) is 25.7 Å². The predicted molar refractivity (Wildman–Crippen MR) is 146 cm³/mol. The van der Waals surface area contributed by atoms with Gasteiger partial charge in [-0.3, -0.25) is 21.2 Å². The fourth-order valence-corrected chi connectivity index (χ4v) is 4.98. The Hall–Kier alpha value is -3.30. The predicted octanol–water partition coefficient (Wildman–Crippen LogP) is 4.32. The maximum absolute atomic E-state index is 10.1. The maximum Gasteiger partial charge on any atom is 0.231 e. The normalized spacial score (nSPS) is 10.4. The van der Waals surface area contributed by atoms with E-state index in [1.165, 1.54) is 9.80 Å². The molecule has 0 aliphatic rings. The molecular formula is C24H36N10O2S2. The molecule has 4 N–H and O–H groups in total. The van der Waals surface area contributed by atoms with Crippen molar-refractivity contribution in [3.05, 3.63) is 33.2 Å². The topological polar surface area (TPSA) is 174 Å². The Morgan fingerprint density at radius 1 is 0.684 bits per heavy atom. The number of thiazole rings is 2. The van der Waals surface area contributed by atoms with Gasteiger partial charge < -0.3 is 0 Å². The van der Waals surface area contributed by atoms with Crippen molar-refractivity contribution in [1.29, 1.82) is 21.3 Å². The second-order valence-electron chi connectivity index (χ2n) is 8.58. The number of aromatic nitrogens is 2. The van der Waals surface area contributed by atoms with Crippen molar-refractivity contribution in [1.82, 2.24) is 29.9 Å². The molecule has 2 rings (SSSR count). The number of nitrogens with zero attached hydrogens (tertiary/aromatic N) is 8. The van der Waals surface area contributed by atoms with E-state index >= 15 is 0 Å². The van der Waals surface area contributed by atoms with Gasteiger partial charge in [-0.05, 0) is 25.7 Å². The summed E-state index contributed by atoms with van der Waals surface area (Å²) in [7, 11) is 0. The number of guanidine groups is 2. The van der Waals surface area contributed by atoms with Crippen LogP contribution in [0.5, 0.6) is 0 Å². The minimum atomic E-state index is -0.216. The highest BCUT2D eigenvalue weighted by Crippen LogP contribution is 2.11. The lowest BCUT2D eigenvalue weighted by atomic mass is 10.1. The van der Waals surface area contributed by atoms with Crippen molar-refractivity contribution in [2.24, 2.45) is 0 Å². The van der Waals surface area contributed by atoms with E-state index in [0.29, 0.717) is 38.8 Å². The molecule has 2 heterocycles. The SMILES string of the molecule is N#CN(CCCc1nccs1)C(=N)N(O)CCCCCCCCN(O)C(=N)N(C#N)CCCc1nccs1. The second kappa shape index (κ2) is 18.0. The first-order chi connectivity index (χ1) is 18.5. The van der Waals surface area contributed by atoms with Crippen LogP contribution in [0.1, 0.15) is 61.4 Å². The monoisotopic (exact) mass is 560 g/mol. The molecule has 0 atom stereocenters. The fourth-order valence-electron chi connectivity index (χ4n) is 3.66. The first-order valence-electron chi connectivity index (χ1n) is 12.7. The zero-order chi connectivity index (χ0) is 27.6. The number of unbranched alkanes of at least 4 members (excludes halogenated alkanes) is 5. The number of hydrogen-bond donors (Lipinski definition) is 4. The average Bonchev–Trinajstić information content (AvgIpc) is 3.64. The van der Waals surface area contributed by atoms with E-state index in [0.717, 1.165) is 58.7 Å². The van der Waals surface area contributed by atoms with Gasteiger partial charge in [-0.25, -0.2) is 29.9 Å². The van der Waals surface area contributed by atoms with Gasteiger partial charge in [-0.2, -0.15) is 10.5 Å². The van der Waals surface area contributed by atoms with Gasteiger partial charge in [0, 0.05) is 62.2 Å². The maximum atomic E-state index is 10.1. The van der Waals surface area contributed by atoms with Crippen molar-refractivity contribution in [2.45, 2.75) is 64.2 Å². The van der Waals surface area contributed by atoms with Crippen LogP contribution in [0.2, 0.25) is 0 Å². The Morgan fingerprint density at radius 2 is 1.08 bits per heavy atom. The zero-order valence-electron chi connectivity index (χ0n) is 21.5. The number of hydrogen-bond acceptors (Lipinski definition) is 10. The lowest BCUT2D eigenvalue weighted by Crippen LogP contribution is -2.40. The lowest BCUT2D eigenvalue weighted by Gasteiger charge is -2.23. The van der Waals surface area contributed by atoms with Gasteiger partial charge in [0.25, 0.3) is 0 Å². The van der Waals surface area contributed by atoms with Crippen LogP contribution in [0, 0.1) is 33.7 Å². The summed E-state index contributed by atoms with van der Waals surface area (Å²) in [6.07, 6.45) is 15.2. The number of rotatable bonds is 17. The van der Waals surface area contributed by atoms with E-state index in [1.807, 2.05) is 23.1 Å². The first-order valence-corrected chi connectivity index (χ1v) is 14.4. The van der Waals surface area contributed by atoms with Crippen molar-refractivity contribution in [3.8, 4) is 12.4 Å². The summed E-state index contributed by atoms with van der Waals surface area (Å²) in [5, 5.41) is 62.5. The van der Waals surface area contributed by atoms with Crippen molar-refractivity contribution >= 4 is 34.6 Å². The average molecular weight is 561 g/mol. The highest BCUT2D eigenvalue weighted by molar-refractivity contribution is 7.09. The smallest absolute Gasteiger partial charge is 0.231 e. The van der Waals surface area contributed by atoms with E-state index in [9.17, 15) is 20.9 Å². The Labute approximate surface area is 231 Å². The minimum absolute atomic E-state index is 0.216. The Morgan fingerprint density at radius 3 is 1.42 bits per heavy atom. The standard InChI is InChI=1S/C24H36N10O2S2/c25-19-31(13-7-9-21-29-11-17-37-21)23(27)33(35)15-5-3-1-2-4-6-16-34(36)24(28)32(20-26)14-8-10-22-30-12-18-38-22/h11-12,17-18,27-28,35-36H,1-10,13-16H2. The quantitative estimate of drug-likeness (QED) is 0.0544. The van der Waals surface area contributed by atoms with Gasteiger partial charge in [0.1, 0.15) is 0 Å². The van der Waals surface area contributed by atoms with Crippen LogP contribution in [0.25, 0.3) is 0 Å². The number of aryl methyl sites for hydroxylation is 2. The molecular weight excluding hydrogens is 524 g/mol. The van der Waals surface area contributed by atoms with Crippen LogP contribution < -0.4 is 0 Å². The summed E-state index contributed by atoms with van der Waals surface area (Å²) in [5.41, 5.74) is 0. The van der Waals surface area contributed by atoms with Gasteiger partial charge >= 0.3 is 0 Å². The molecule has 0 amide bonds. The molecule has 0 saturated heterocycles. The van der Waals surface area contributed by atoms with Crippen LogP contribution in [0.15, 0.2) is 23.2 Å². The Bertz CT molecular complexity index is 938. The molecule has 0 radical (unpaired) electrons. The Balaban J connectivity index is 1.51. The first kappa shape index (κ1) is 30.9. The molecule has 2 aromatic heterocycles. The van der Waals surface area contributed by atoms with Crippen molar-refractivity contribution in [2.75, 3.05) is 26.2 Å². The molecule has 14 heteroatoms. The van der Waals surface area contributed by atoms with Gasteiger partial charge in [0.05, 0.1) is 10.0 Å². The van der Waals surface area contributed by atoms with Gasteiger partial charge in [0.2, 0.25) is 11.9 Å².